The molecule has 146 valence electrons. The van der Waals surface area contributed by atoms with Crippen molar-refractivity contribution in [1.82, 2.24) is 10.4 Å². The van der Waals surface area contributed by atoms with Gasteiger partial charge in [-0.2, -0.15) is 0 Å². The highest BCUT2D eigenvalue weighted by molar-refractivity contribution is 5.77. The molecule has 1 heterocycles. The number of amides is 1. The maximum Gasteiger partial charge on any atom is 0.246 e. The lowest BCUT2D eigenvalue weighted by atomic mass is 9.93. The molecular weight excluding hydrogens is 335 g/mol. The van der Waals surface area contributed by atoms with Crippen molar-refractivity contribution in [3.63, 3.8) is 0 Å². The zero-order chi connectivity index (χ0) is 18.8. The summed E-state index contributed by atoms with van der Waals surface area (Å²) < 4.78 is 18.7. The minimum Gasteiger partial charge on any atom is -0.377 e. The van der Waals surface area contributed by atoms with E-state index in [1.54, 1.807) is 24.7 Å². The molecule has 1 aliphatic rings. The van der Waals surface area contributed by atoms with Crippen molar-refractivity contribution in [1.29, 1.82) is 0 Å². The number of likely N-dealkylation sites (tertiary alicyclic amines) is 1. The van der Waals surface area contributed by atoms with Crippen LogP contribution in [0.4, 0.5) is 4.39 Å². The van der Waals surface area contributed by atoms with E-state index in [-0.39, 0.29) is 23.7 Å². The highest BCUT2D eigenvalue weighted by atomic mass is 19.1. The van der Waals surface area contributed by atoms with Gasteiger partial charge >= 0.3 is 0 Å². The first kappa shape index (κ1) is 20.8. The summed E-state index contributed by atoms with van der Waals surface area (Å²) in [5, 5.41) is 9.11. The van der Waals surface area contributed by atoms with E-state index < -0.39 is 0 Å². The Morgan fingerprint density at radius 3 is 2.38 bits per heavy atom. The fourth-order valence-corrected chi connectivity index (χ4v) is 3.63. The standard InChI is InChI=1S/C20H31FN2O3/c1-26-19(16-7-9-18(21)10-8-16)15-17(20(24)22-25)11-14-23-12-5-3-2-4-6-13-23/h7-10,17,19,25H,2-6,11-15H2,1H3,(H,22,24)/t17-,19+/m0/s1. The van der Waals surface area contributed by atoms with Crippen molar-refractivity contribution in [2.75, 3.05) is 26.7 Å². The van der Waals surface area contributed by atoms with Crippen molar-refractivity contribution in [3.8, 4) is 0 Å². The predicted octanol–water partition coefficient (Wildman–Crippen LogP) is 3.68. The Kier molecular flexibility index (Phi) is 9.01. The molecule has 1 aromatic carbocycles. The Bertz CT molecular complexity index is 530. The quantitative estimate of drug-likeness (QED) is 0.544. The molecule has 1 aromatic rings. The van der Waals surface area contributed by atoms with Gasteiger partial charge in [0, 0.05) is 13.0 Å². The molecule has 0 aromatic heterocycles. The van der Waals surface area contributed by atoms with Crippen molar-refractivity contribution in [2.24, 2.45) is 5.92 Å². The van der Waals surface area contributed by atoms with Crippen LogP contribution in [0.3, 0.4) is 0 Å². The van der Waals surface area contributed by atoms with Crippen molar-refractivity contribution >= 4 is 5.91 Å². The minimum absolute atomic E-state index is 0.301. The summed E-state index contributed by atoms with van der Waals surface area (Å²) in [5.74, 6) is -1.05. The molecule has 2 N–H and O–H groups in total. The van der Waals surface area contributed by atoms with Crippen LogP contribution in [-0.2, 0) is 9.53 Å². The van der Waals surface area contributed by atoms with Crippen LogP contribution >= 0.6 is 0 Å². The molecule has 26 heavy (non-hydrogen) atoms. The van der Waals surface area contributed by atoms with Gasteiger partial charge in [-0.05, 0) is 63.0 Å². The molecule has 0 unspecified atom stereocenters. The summed E-state index contributed by atoms with van der Waals surface area (Å²) in [7, 11) is 1.58. The van der Waals surface area contributed by atoms with E-state index >= 15 is 0 Å². The van der Waals surface area contributed by atoms with Gasteiger partial charge in [-0.15, -0.1) is 0 Å². The molecule has 0 radical (unpaired) electrons. The lowest BCUT2D eigenvalue weighted by Gasteiger charge is -2.27. The van der Waals surface area contributed by atoms with Crippen molar-refractivity contribution < 1.29 is 19.1 Å². The van der Waals surface area contributed by atoms with Gasteiger partial charge in [0.1, 0.15) is 5.82 Å². The summed E-state index contributed by atoms with van der Waals surface area (Å²) in [6.07, 6.45) is 7.05. The second-order valence-corrected chi connectivity index (χ2v) is 7.08. The normalized spacial score (nSPS) is 18.6. The third-order valence-electron chi connectivity index (χ3n) is 5.25. The second-order valence-electron chi connectivity index (χ2n) is 7.08. The number of rotatable bonds is 8. The summed E-state index contributed by atoms with van der Waals surface area (Å²) in [6.45, 7) is 2.97. The summed E-state index contributed by atoms with van der Waals surface area (Å²) in [4.78, 5) is 14.6. The van der Waals surface area contributed by atoms with Crippen molar-refractivity contribution in [3.05, 3.63) is 35.6 Å². The Labute approximate surface area is 155 Å². The molecule has 2 rings (SSSR count). The van der Waals surface area contributed by atoms with Gasteiger partial charge in [0.05, 0.1) is 6.10 Å². The van der Waals surface area contributed by atoms with E-state index in [0.717, 1.165) is 25.2 Å². The van der Waals surface area contributed by atoms with Gasteiger partial charge < -0.3 is 9.64 Å². The molecular formula is C20H31FN2O3. The molecule has 0 aliphatic carbocycles. The third-order valence-corrected chi connectivity index (χ3v) is 5.25. The predicted molar refractivity (Wildman–Crippen MR) is 98.3 cm³/mol. The van der Waals surface area contributed by atoms with E-state index in [4.69, 9.17) is 9.94 Å². The lowest BCUT2D eigenvalue weighted by molar-refractivity contribution is -0.135. The van der Waals surface area contributed by atoms with E-state index in [1.165, 1.54) is 44.2 Å². The van der Waals surface area contributed by atoms with Crippen LogP contribution in [0, 0.1) is 11.7 Å². The Hall–Kier alpha value is -1.50. The molecule has 5 nitrogen and oxygen atoms in total. The van der Waals surface area contributed by atoms with E-state index in [1.807, 2.05) is 0 Å². The Morgan fingerprint density at radius 1 is 1.19 bits per heavy atom. The first-order chi connectivity index (χ1) is 12.6. The number of benzene rings is 1. The maximum absolute atomic E-state index is 13.1. The summed E-state index contributed by atoms with van der Waals surface area (Å²) in [5.41, 5.74) is 2.62. The number of nitrogens with one attached hydrogen (secondary N) is 1. The molecule has 0 spiro atoms. The summed E-state index contributed by atoms with van der Waals surface area (Å²) in [6, 6.07) is 6.14. The van der Waals surface area contributed by atoms with Crippen LogP contribution in [0.15, 0.2) is 24.3 Å². The largest absolute Gasteiger partial charge is 0.377 e. The first-order valence-corrected chi connectivity index (χ1v) is 9.58. The maximum atomic E-state index is 13.1. The minimum atomic E-state index is -0.388. The third kappa shape index (κ3) is 6.67. The monoisotopic (exact) mass is 366 g/mol. The fourth-order valence-electron chi connectivity index (χ4n) is 3.63. The van der Waals surface area contributed by atoms with Gasteiger partial charge in [0.2, 0.25) is 5.91 Å². The van der Waals surface area contributed by atoms with E-state index in [2.05, 4.69) is 4.90 Å². The molecule has 6 heteroatoms. The van der Waals surface area contributed by atoms with Gasteiger partial charge in [-0.25, -0.2) is 9.87 Å². The topological polar surface area (TPSA) is 61.8 Å². The SMILES string of the molecule is CO[C@H](C[C@H](CCN1CCCCCCC1)C(=O)NO)c1ccc(F)cc1. The second kappa shape index (κ2) is 11.3. The molecule has 1 aliphatic heterocycles. The van der Waals surface area contributed by atoms with Crippen molar-refractivity contribution in [2.45, 2.75) is 51.0 Å². The Balaban J connectivity index is 1.96. The lowest BCUT2D eigenvalue weighted by Crippen LogP contribution is -2.34. The summed E-state index contributed by atoms with van der Waals surface area (Å²) >= 11 is 0. The molecule has 2 atom stereocenters. The van der Waals surface area contributed by atoms with E-state index in [9.17, 15) is 9.18 Å². The molecule has 1 amide bonds. The van der Waals surface area contributed by atoms with Crippen LogP contribution in [-0.4, -0.2) is 42.8 Å². The van der Waals surface area contributed by atoms with Crippen LogP contribution < -0.4 is 5.48 Å². The molecule has 1 saturated heterocycles. The zero-order valence-corrected chi connectivity index (χ0v) is 15.6. The average molecular weight is 366 g/mol. The number of carbonyl (C=O) groups is 1. The van der Waals surface area contributed by atoms with Gasteiger partial charge in [-0.3, -0.25) is 10.0 Å². The van der Waals surface area contributed by atoms with Gasteiger partial charge in [0.15, 0.2) is 0 Å². The van der Waals surface area contributed by atoms with Crippen LogP contribution in [0.5, 0.6) is 0 Å². The number of hydrogen-bond donors (Lipinski definition) is 2. The number of nitrogens with zero attached hydrogens (tertiary/aromatic N) is 1. The number of ether oxygens (including phenoxy) is 1. The van der Waals surface area contributed by atoms with Crippen LogP contribution in [0.25, 0.3) is 0 Å². The smallest absolute Gasteiger partial charge is 0.246 e. The van der Waals surface area contributed by atoms with Gasteiger partial charge in [-0.1, -0.05) is 31.4 Å². The average Bonchev–Trinajstić information content (AvgIpc) is 2.63. The fraction of sp³-hybridized carbons (Fsp3) is 0.650. The first-order valence-electron chi connectivity index (χ1n) is 9.58. The highest BCUT2D eigenvalue weighted by Crippen LogP contribution is 2.27. The van der Waals surface area contributed by atoms with Gasteiger partial charge in [0.25, 0.3) is 0 Å². The number of hydrogen-bond acceptors (Lipinski definition) is 4. The number of halogens is 1. The number of carbonyl (C=O) groups excluding carboxylic acids is 1. The molecule has 0 bridgehead atoms. The highest BCUT2D eigenvalue weighted by Gasteiger charge is 2.25. The van der Waals surface area contributed by atoms with Crippen LogP contribution in [0.2, 0.25) is 0 Å². The Morgan fingerprint density at radius 2 is 1.81 bits per heavy atom. The molecule has 1 fully saturated rings. The van der Waals surface area contributed by atoms with Crippen LogP contribution in [0.1, 0.15) is 56.6 Å². The zero-order valence-electron chi connectivity index (χ0n) is 15.6. The van der Waals surface area contributed by atoms with E-state index in [0.29, 0.717) is 12.8 Å². The molecule has 0 saturated carbocycles. The number of hydroxylamine groups is 1. The number of methoxy groups -OCH3 is 1.